The van der Waals surface area contributed by atoms with Crippen LogP contribution in [0.15, 0.2) is 23.8 Å². The van der Waals surface area contributed by atoms with Crippen LogP contribution in [0.3, 0.4) is 0 Å². The molecule has 1 aliphatic heterocycles. The summed E-state index contributed by atoms with van der Waals surface area (Å²) in [7, 11) is 0. The van der Waals surface area contributed by atoms with Crippen LogP contribution < -0.4 is 0 Å². The zero-order chi connectivity index (χ0) is 25.4. The Kier molecular flexibility index (Phi) is 8.69. The van der Waals surface area contributed by atoms with Crippen LogP contribution in [0.1, 0.15) is 59.8 Å². The van der Waals surface area contributed by atoms with E-state index in [9.17, 15) is 30.6 Å². The zero-order valence-electron chi connectivity index (χ0n) is 20.9. The highest BCUT2D eigenvalue weighted by molar-refractivity contribution is 5.20. The fraction of sp³-hybridized carbons (Fsp3) is 0.846. The van der Waals surface area contributed by atoms with Crippen molar-refractivity contribution in [1.29, 1.82) is 0 Å². The Morgan fingerprint density at radius 2 is 1.79 bits per heavy atom. The van der Waals surface area contributed by atoms with Crippen molar-refractivity contribution in [2.24, 2.45) is 22.7 Å². The molecule has 3 fully saturated rings. The predicted molar refractivity (Wildman–Crippen MR) is 127 cm³/mol. The molecule has 0 amide bonds. The molecule has 10 atom stereocenters. The van der Waals surface area contributed by atoms with Crippen molar-refractivity contribution in [3.8, 4) is 0 Å². The van der Waals surface area contributed by atoms with Crippen LogP contribution in [0.5, 0.6) is 0 Å². The number of hydrogen-bond acceptors (Lipinski definition) is 8. The summed E-state index contributed by atoms with van der Waals surface area (Å²) >= 11 is 0. The van der Waals surface area contributed by atoms with E-state index in [0.29, 0.717) is 6.42 Å². The van der Waals surface area contributed by atoms with E-state index < -0.39 is 49.5 Å². The van der Waals surface area contributed by atoms with Gasteiger partial charge < -0.3 is 40.1 Å². The number of rotatable bonds is 7. The molecule has 0 radical (unpaired) electrons. The van der Waals surface area contributed by atoms with E-state index in [1.54, 1.807) is 0 Å². The van der Waals surface area contributed by atoms with Crippen LogP contribution in [-0.2, 0) is 9.47 Å². The van der Waals surface area contributed by atoms with Crippen LogP contribution in [-0.4, -0.2) is 86.8 Å². The SMILES string of the molecule is C=C1C[C@H](O)[C@H]2C(C)(C)[C@@H](O)CC[C@]2(C)[C@H]1CC/C(C)=C/CO[C@@H]1O[C@H](CO)[C@@H](O)[C@H](O)[C@H]1O. The highest BCUT2D eigenvalue weighted by atomic mass is 16.7. The normalized spacial score (nSPS) is 45.2. The van der Waals surface area contributed by atoms with Gasteiger partial charge in [0.1, 0.15) is 24.4 Å². The molecule has 3 rings (SSSR count). The molecule has 1 heterocycles. The number of aliphatic hydroxyl groups is 6. The molecule has 2 aliphatic carbocycles. The van der Waals surface area contributed by atoms with Crippen molar-refractivity contribution in [3.05, 3.63) is 23.8 Å². The summed E-state index contributed by atoms with van der Waals surface area (Å²) in [5.74, 6) is 0.237. The average molecular weight is 485 g/mol. The maximum Gasteiger partial charge on any atom is 0.187 e. The maximum absolute atomic E-state index is 10.9. The number of allylic oxidation sites excluding steroid dienone is 1. The summed E-state index contributed by atoms with van der Waals surface area (Å²) in [5, 5.41) is 60.7. The second kappa shape index (κ2) is 10.6. The number of ether oxygens (including phenoxy) is 2. The summed E-state index contributed by atoms with van der Waals surface area (Å²) < 4.78 is 11.0. The van der Waals surface area contributed by atoms with Crippen molar-refractivity contribution in [2.75, 3.05) is 13.2 Å². The van der Waals surface area contributed by atoms with E-state index in [2.05, 4.69) is 27.4 Å². The fourth-order valence-corrected chi connectivity index (χ4v) is 6.85. The van der Waals surface area contributed by atoms with Crippen LogP contribution in [0, 0.1) is 22.7 Å². The Morgan fingerprint density at radius 3 is 2.44 bits per heavy atom. The minimum atomic E-state index is -1.46. The first-order valence-corrected chi connectivity index (χ1v) is 12.5. The van der Waals surface area contributed by atoms with Gasteiger partial charge in [0, 0.05) is 0 Å². The topological polar surface area (TPSA) is 140 Å². The predicted octanol–water partition coefficient (Wildman–Crippen LogP) is 1.27. The molecule has 2 saturated carbocycles. The molecule has 0 aromatic rings. The molecule has 3 aliphatic rings. The van der Waals surface area contributed by atoms with Crippen molar-refractivity contribution in [3.63, 3.8) is 0 Å². The van der Waals surface area contributed by atoms with Gasteiger partial charge in [-0.3, -0.25) is 0 Å². The quantitative estimate of drug-likeness (QED) is 0.297. The molecular weight excluding hydrogens is 440 g/mol. The number of fused-ring (bicyclic) bond motifs is 1. The van der Waals surface area contributed by atoms with E-state index in [-0.39, 0.29) is 29.3 Å². The third kappa shape index (κ3) is 5.15. The first-order chi connectivity index (χ1) is 15.8. The van der Waals surface area contributed by atoms with Crippen molar-refractivity contribution in [2.45, 2.75) is 103 Å². The van der Waals surface area contributed by atoms with Gasteiger partial charge in [0.15, 0.2) is 6.29 Å². The second-order valence-electron chi connectivity index (χ2n) is 11.5. The first kappa shape index (κ1) is 27.7. The van der Waals surface area contributed by atoms with Gasteiger partial charge in [0.2, 0.25) is 0 Å². The lowest BCUT2D eigenvalue weighted by Crippen LogP contribution is -2.59. The smallest absolute Gasteiger partial charge is 0.187 e. The summed E-state index contributed by atoms with van der Waals surface area (Å²) in [5.41, 5.74) is 1.67. The molecule has 8 heteroatoms. The van der Waals surface area contributed by atoms with Crippen molar-refractivity contribution in [1.82, 2.24) is 0 Å². The summed E-state index contributed by atoms with van der Waals surface area (Å²) in [6.45, 7) is 12.3. The largest absolute Gasteiger partial charge is 0.394 e. The lowest BCUT2D eigenvalue weighted by molar-refractivity contribution is -0.298. The number of aliphatic hydroxyl groups excluding tert-OH is 6. The van der Waals surface area contributed by atoms with Crippen LogP contribution >= 0.6 is 0 Å². The maximum atomic E-state index is 10.9. The highest BCUT2D eigenvalue weighted by Gasteiger charge is 2.59. The van der Waals surface area contributed by atoms with Crippen LogP contribution in [0.4, 0.5) is 0 Å². The monoisotopic (exact) mass is 484 g/mol. The molecule has 0 aromatic heterocycles. The van der Waals surface area contributed by atoms with E-state index in [0.717, 1.165) is 36.8 Å². The van der Waals surface area contributed by atoms with Gasteiger partial charge in [-0.2, -0.15) is 0 Å². The lowest BCUT2D eigenvalue weighted by atomic mass is 9.45. The molecule has 0 spiro atoms. The Morgan fingerprint density at radius 1 is 1.12 bits per heavy atom. The molecule has 34 heavy (non-hydrogen) atoms. The van der Waals surface area contributed by atoms with E-state index in [1.165, 1.54) is 0 Å². The molecule has 1 saturated heterocycles. The van der Waals surface area contributed by atoms with Gasteiger partial charge in [0.05, 0.1) is 25.4 Å². The lowest BCUT2D eigenvalue weighted by Gasteiger charge is -2.61. The van der Waals surface area contributed by atoms with Gasteiger partial charge in [-0.1, -0.05) is 44.6 Å². The minimum Gasteiger partial charge on any atom is -0.394 e. The minimum absolute atomic E-state index is 0.00180. The Bertz CT molecular complexity index is 749. The molecule has 0 aromatic carbocycles. The van der Waals surface area contributed by atoms with E-state index >= 15 is 0 Å². The van der Waals surface area contributed by atoms with Crippen molar-refractivity contribution < 1.29 is 40.1 Å². The Labute approximate surface area is 202 Å². The van der Waals surface area contributed by atoms with Gasteiger partial charge >= 0.3 is 0 Å². The van der Waals surface area contributed by atoms with E-state index in [4.69, 9.17) is 9.47 Å². The average Bonchev–Trinajstić information content (AvgIpc) is 2.76. The van der Waals surface area contributed by atoms with E-state index in [1.807, 2.05) is 13.0 Å². The summed E-state index contributed by atoms with van der Waals surface area (Å²) in [6.07, 6.45) is -1.61. The second-order valence-corrected chi connectivity index (χ2v) is 11.5. The molecule has 6 N–H and O–H groups in total. The molecule has 0 bridgehead atoms. The molecule has 8 nitrogen and oxygen atoms in total. The molecule has 0 unspecified atom stereocenters. The fourth-order valence-electron chi connectivity index (χ4n) is 6.85. The summed E-state index contributed by atoms with van der Waals surface area (Å²) in [6, 6.07) is 0. The summed E-state index contributed by atoms with van der Waals surface area (Å²) in [4.78, 5) is 0. The van der Waals surface area contributed by atoms with Crippen LogP contribution in [0.2, 0.25) is 0 Å². The van der Waals surface area contributed by atoms with Gasteiger partial charge in [-0.25, -0.2) is 0 Å². The zero-order valence-corrected chi connectivity index (χ0v) is 20.9. The Balaban J connectivity index is 1.60. The first-order valence-electron chi connectivity index (χ1n) is 12.5. The number of hydrogen-bond donors (Lipinski definition) is 6. The van der Waals surface area contributed by atoms with Gasteiger partial charge in [-0.15, -0.1) is 0 Å². The third-order valence-corrected chi connectivity index (χ3v) is 8.84. The van der Waals surface area contributed by atoms with Crippen molar-refractivity contribution >= 4 is 0 Å². The van der Waals surface area contributed by atoms with Gasteiger partial charge in [-0.05, 0) is 61.7 Å². The Hall–Kier alpha value is -0.840. The third-order valence-electron chi connectivity index (χ3n) is 8.84. The standard InChI is InChI=1S/C26H44O8/c1-14(9-11-33-24-22(32)21(31)20(30)18(13-27)34-24)6-7-16-15(2)12-17(28)23-25(3,4)19(29)8-10-26(16,23)5/h9,16-24,27-32H,2,6-8,10-13H2,1,3-5H3/b14-9+/t16-,17-,18+,19-,20+,21-,22+,23-,24+,26+/m0/s1. The van der Waals surface area contributed by atoms with Gasteiger partial charge in [0.25, 0.3) is 0 Å². The molecule has 196 valence electrons. The van der Waals surface area contributed by atoms with Crippen LogP contribution in [0.25, 0.3) is 0 Å². The highest BCUT2D eigenvalue weighted by Crippen LogP contribution is 2.61. The molecular formula is C26H44O8.